The van der Waals surface area contributed by atoms with E-state index in [9.17, 15) is 14.4 Å². The Morgan fingerprint density at radius 3 is 2.83 bits per heavy atom. The largest absolute Gasteiger partial charge is 0.352 e. The van der Waals surface area contributed by atoms with E-state index in [0.29, 0.717) is 6.54 Å². The summed E-state index contributed by atoms with van der Waals surface area (Å²) in [5, 5.41) is 5.46. The molecule has 0 spiro atoms. The highest BCUT2D eigenvalue weighted by Gasteiger charge is 2.35. The molecule has 1 heterocycles. The average molecular weight is 347 g/mol. The summed E-state index contributed by atoms with van der Waals surface area (Å²) in [5.41, 5.74) is 0.814. The van der Waals surface area contributed by atoms with Gasteiger partial charge in [-0.2, -0.15) is 0 Å². The number of hydrogen-bond acceptors (Lipinski definition) is 4. The molecule has 2 aliphatic rings. The highest BCUT2D eigenvalue weighted by molar-refractivity contribution is 7.98. The molecule has 0 aromatic heterocycles. The van der Waals surface area contributed by atoms with E-state index in [1.54, 1.807) is 16.7 Å². The summed E-state index contributed by atoms with van der Waals surface area (Å²) >= 11 is 1.61. The quantitative estimate of drug-likeness (QED) is 0.757. The highest BCUT2D eigenvalue weighted by atomic mass is 32.2. The summed E-state index contributed by atoms with van der Waals surface area (Å²) in [7, 11) is 0. The van der Waals surface area contributed by atoms with E-state index in [1.165, 1.54) is 0 Å². The summed E-state index contributed by atoms with van der Waals surface area (Å²) in [4.78, 5) is 38.8. The number of carbonyl (C=O) groups is 3. The van der Waals surface area contributed by atoms with Gasteiger partial charge in [0.15, 0.2) is 0 Å². The van der Waals surface area contributed by atoms with Gasteiger partial charge in [0.25, 0.3) is 0 Å². The molecule has 6 nitrogen and oxygen atoms in total. The molecule has 3 rings (SSSR count). The van der Waals surface area contributed by atoms with Crippen LogP contribution >= 0.6 is 11.8 Å². The molecule has 0 radical (unpaired) electrons. The molecule has 3 amide bonds. The maximum absolute atomic E-state index is 12.2. The molecule has 1 aliphatic carbocycles. The minimum Gasteiger partial charge on any atom is -0.352 e. The highest BCUT2D eigenvalue weighted by Crippen LogP contribution is 2.28. The summed E-state index contributed by atoms with van der Waals surface area (Å²) in [6.07, 6.45) is 4.19. The van der Waals surface area contributed by atoms with Crippen molar-refractivity contribution in [3.63, 3.8) is 0 Å². The predicted molar refractivity (Wildman–Crippen MR) is 92.9 cm³/mol. The van der Waals surface area contributed by atoms with E-state index in [-0.39, 0.29) is 36.7 Å². The second-order valence-corrected chi connectivity index (χ2v) is 7.05. The van der Waals surface area contributed by atoms with Gasteiger partial charge in [-0.1, -0.05) is 6.07 Å². The topological polar surface area (TPSA) is 78.5 Å². The smallest absolute Gasteiger partial charge is 0.239 e. The van der Waals surface area contributed by atoms with Gasteiger partial charge in [-0.05, 0) is 37.3 Å². The second kappa shape index (κ2) is 7.25. The Balaban J connectivity index is 1.55. The number of nitrogens with one attached hydrogen (secondary N) is 2. The van der Waals surface area contributed by atoms with Gasteiger partial charge in [0.05, 0.1) is 12.5 Å². The average Bonchev–Trinajstić information content (AvgIpc) is 3.31. The third-order valence-electron chi connectivity index (χ3n) is 4.23. The van der Waals surface area contributed by atoms with Crippen LogP contribution in [0.25, 0.3) is 0 Å². The molecular formula is C17H21N3O3S. The Hall–Kier alpha value is -2.02. The van der Waals surface area contributed by atoms with Crippen LogP contribution in [-0.4, -0.2) is 43.1 Å². The zero-order valence-corrected chi connectivity index (χ0v) is 14.4. The van der Waals surface area contributed by atoms with Crippen LogP contribution in [0.4, 0.5) is 5.69 Å². The van der Waals surface area contributed by atoms with Crippen LogP contribution in [0.15, 0.2) is 29.2 Å². The van der Waals surface area contributed by atoms with E-state index < -0.39 is 5.92 Å². The Morgan fingerprint density at radius 2 is 2.12 bits per heavy atom. The van der Waals surface area contributed by atoms with Crippen molar-refractivity contribution in [1.29, 1.82) is 0 Å². The monoisotopic (exact) mass is 347 g/mol. The van der Waals surface area contributed by atoms with Gasteiger partial charge in [0, 0.05) is 29.6 Å². The summed E-state index contributed by atoms with van der Waals surface area (Å²) in [6.45, 7) is 0.328. The lowest BCUT2D eigenvalue weighted by atomic mass is 10.1. The van der Waals surface area contributed by atoms with Crippen molar-refractivity contribution in [2.75, 3.05) is 24.2 Å². The maximum Gasteiger partial charge on any atom is 0.239 e. The number of anilines is 1. The molecule has 1 aromatic rings. The van der Waals surface area contributed by atoms with E-state index in [0.717, 1.165) is 23.4 Å². The summed E-state index contributed by atoms with van der Waals surface area (Å²) < 4.78 is 0. The molecule has 1 atom stereocenters. The van der Waals surface area contributed by atoms with Gasteiger partial charge in [0.1, 0.15) is 0 Å². The number of nitrogens with zero attached hydrogens (tertiary/aromatic N) is 1. The van der Waals surface area contributed by atoms with Crippen molar-refractivity contribution < 1.29 is 14.4 Å². The first kappa shape index (κ1) is 16.8. The molecule has 24 heavy (non-hydrogen) atoms. The molecule has 0 unspecified atom stereocenters. The van der Waals surface area contributed by atoms with Crippen LogP contribution < -0.4 is 15.5 Å². The number of rotatable bonds is 6. The lowest BCUT2D eigenvalue weighted by Gasteiger charge is -2.17. The molecular weight excluding hydrogens is 326 g/mol. The van der Waals surface area contributed by atoms with Gasteiger partial charge in [0.2, 0.25) is 17.7 Å². The van der Waals surface area contributed by atoms with Crippen LogP contribution in [-0.2, 0) is 14.4 Å². The van der Waals surface area contributed by atoms with Crippen LogP contribution in [0.3, 0.4) is 0 Å². The van der Waals surface area contributed by atoms with Crippen LogP contribution in [0.2, 0.25) is 0 Å². The Bertz CT molecular complexity index is 660. The molecule has 2 fully saturated rings. The van der Waals surface area contributed by atoms with Crippen molar-refractivity contribution in [2.24, 2.45) is 5.92 Å². The zero-order chi connectivity index (χ0) is 17.1. The van der Waals surface area contributed by atoms with E-state index in [1.807, 2.05) is 30.5 Å². The van der Waals surface area contributed by atoms with Gasteiger partial charge >= 0.3 is 0 Å². The molecule has 1 aromatic carbocycles. The lowest BCUT2D eigenvalue weighted by molar-refractivity contribution is -0.129. The van der Waals surface area contributed by atoms with Crippen molar-refractivity contribution in [3.8, 4) is 0 Å². The molecule has 1 saturated heterocycles. The number of amides is 3. The fraction of sp³-hybridized carbons (Fsp3) is 0.471. The number of hydrogen-bond donors (Lipinski definition) is 2. The molecule has 1 saturated carbocycles. The maximum atomic E-state index is 12.2. The van der Waals surface area contributed by atoms with Gasteiger partial charge in [-0.15, -0.1) is 11.8 Å². The minimum absolute atomic E-state index is 0.0258. The second-order valence-electron chi connectivity index (χ2n) is 6.17. The van der Waals surface area contributed by atoms with Crippen molar-refractivity contribution in [3.05, 3.63) is 24.3 Å². The zero-order valence-electron chi connectivity index (χ0n) is 13.6. The van der Waals surface area contributed by atoms with Crippen LogP contribution in [0.5, 0.6) is 0 Å². The minimum atomic E-state index is -0.413. The van der Waals surface area contributed by atoms with Crippen molar-refractivity contribution >= 4 is 35.2 Å². The Labute approximate surface area is 145 Å². The van der Waals surface area contributed by atoms with E-state index in [4.69, 9.17) is 0 Å². The van der Waals surface area contributed by atoms with Gasteiger partial charge < -0.3 is 15.5 Å². The first-order valence-electron chi connectivity index (χ1n) is 8.08. The molecule has 1 aliphatic heterocycles. The molecule has 128 valence electrons. The third-order valence-corrected chi connectivity index (χ3v) is 4.95. The number of thioether (sulfide) groups is 1. The van der Waals surface area contributed by atoms with Crippen molar-refractivity contribution in [1.82, 2.24) is 10.6 Å². The van der Waals surface area contributed by atoms with Crippen LogP contribution in [0, 0.1) is 5.92 Å². The van der Waals surface area contributed by atoms with Crippen LogP contribution in [0.1, 0.15) is 19.3 Å². The predicted octanol–water partition coefficient (Wildman–Crippen LogP) is 1.16. The fourth-order valence-electron chi connectivity index (χ4n) is 2.73. The Morgan fingerprint density at radius 1 is 1.33 bits per heavy atom. The first-order valence-corrected chi connectivity index (χ1v) is 9.31. The summed E-state index contributed by atoms with van der Waals surface area (Å²) in [6, 6.07) is 8.00. The SMILES string of the molecule is CSc1cccc(N2C[C@H](C(=O)NCC(=O)NC3CC3)CC2=O)c1. The van der Waals surface area contributed by atoms with Gasteiger partial charge in [-0.3, -0.25) is 14.4 Å². The molecule has 7 heteroatoms. The standard InChI is InChI=1S/C17H21N3O3S/c1-24-14-4-2-3-13(8-14)20-10-11(7-16(20)22)17(23)18-9-15(21)19-12-5-6-12/h2-4,8,11-12H,5-7,9-10H2,1H3,(H,18,23)(H,19,21)/t11-/m1/s1. The number of carbonyl (C=O) groups excluding carboxylic acids is 3. The first-order chi connectivity index (χ1) is 11.6. The summed E-state index contributed by atoms with van der Waals surface area (Å²) in [5.74, 6) is -0.877. The van der Waals surface area contributed by atoms with Gasteiger partial charge in [-0.25, -0.2) is 0 Å². The lowest BCUT2D eigenvalue weighted by Crippen LogP contribution is -2.40. The molecule has 2 N–H and O–H groups in total. The Kier molecular flexibility index (Phi) is 5.08. The molecule has 0 bridgehead atoms. The third kappa shape index (κ3) is 4.08. The van der Waals surface area contributed by atoms with E-state index in [2.05, 4.69) is 10.6 Å². The fourth-order valence-corrected chi connectivity index (χ4v) is 3.18. The number of benzene rings is 1. The van der Waals surface area contributed by atoms with Crippen molar-refractivity contribution in [2.45, 2.75) is 30.2 Å². The van der Waals surface area contributed by atoms with E-state index >= 15 is 0 Å². The normalized spacial score (nSPS) is 20.1.